The van der Waals surface area contributed by atoms with E-state index in [1.165, 1.54) is 32.4 Å². The van der Waals surface area contributed by atoms with Crippen molar-refractivity contribution >= 4 is 17.9 Å². The molecule has 0 spiro atoms. The average molecular weight is 377 g/mol. The van der Waals surface area contributed by atoms with Crippen molar-refractivity contribution in [3.8, 4) is 11.5 Å². The molecule has 2 aromatic rings. The van der Waals surface area contributed by atoms with Gasteiger partial charge in [-0.3, -0.25) is 0 Å². The number of aliphatic imine (C=N–C) groups is 1. The number of para-hydroxylation sites is 1. The van der Waals surface area contributed by atoms with Gasteiger partial charge in [-0.05, 0) is 36.4 Å². The Labute approximate surface area is 152 Å². The zero-order chi connectivity index (χ0) is 19.6. The van der Waals surface area contributed by atoms with Crippen LogP contribution < -0.4 is 9.47 Å². The summed E-state index contributed by atoms with van der Waals surface area (Å²) in [6.45, 7) is 0. The van der Waals surface area contributed by atoms with E-state index in [-0.39, 0.29) is 17.2 Å². The molecule has 2 aromatic carbocycles. The van der Waals surface area contributed by atoms with Gasteiger partial charge in [0.15, 0.2) is 17.2 Å². The van der Waals surface area contributed by atoms with Gasteiger partial charge in [0.05, 0.1) is 19.8 Å². The number of alkyl halides is 3. The number of esters is 1. The minimum absolute atomic E-state index is 0.00329. The summed E-state index contributed by atoms with van der Waals surface area (Å²) in [7, 11) is 2.95. The fourth-order valence-electron chi connectivity index (χ4n) is 2.51. The summed E-state index contributed by atoms with van der Waals surface area (Å²) in [4.78, 5) is 16.2. The lowest BCUT2D eigenvalue weighted by Crippen LogP contribution is -2.08. The first-order chi connectivity index (χ1) is 12.8. The van der Waals surface area contributed by atoms with Crippen molar-refractivity contribution in [2.24, 2.45) is 4.99 Å². The molecule has 27 heavy (non-hydrogen) atoms. The van der Waals surface area contributed by atoms with Crippen LogP contribution >= 0.6 is 0 Å². The number of ether oxygens (including phenoxy) is 3. The number of hydrogen-bond acceptors (Lipinski definition) is 5. The van der Waals surface area contributed by atoms with E-state index in [0.29, 0.717) is 17.1 Å². The Morgan fingerprint density at radius 2 is 1.74 bits per heavy atom. The second-order valence-corrected chi connectivity index (χ2v) is 5.49. The molecule has 0 fully saturated rings. The van der Waals surface area contributed by atoms with Crippen LogP contribution in [-0.2, 0) is 15.7 Å². The number of nitrogens with zero attached hydrogens (tertiary/aromatic N) is 1. The lowest BCUT2D eigenvalue weighted by atomic mass is 10.1. The van der Waals surface area contributed by atoms with Crippen molar-refractivity contribution in [2.75, 3.05) is 14.2 Å². The normalized spacial score (nSPS) is 15.5. The highest BCUT2D eigenvalue weighted by Crippen LogP contribution is 2.33. The Morgan fingerprint density at radius 3 is 2.33 bits per heavy atom. The Balaban J connectivity index is 1.94. The molecule has 0 aromatic heterocycles. The Kier molecular flexibility index (Phi) is 4.89. The molecule has 0 N–H and O–H groups in total. The number of carbonyl (C=O) groups excluding carboxylic acids is 1. The van der Waals surface area contributed by atoms with Gasteiger partial charge in [-0.15, -0.1) is 0 Å². The minimum atomic E-state index is -4.44. The third kappa shape index (κ3) is 3.79. The van der Waals surface area contributed by atoms with E-state index in [2.05, 4.69) is 4.99 Å². The molecule has 0 aliphatic carbocycles. The second-order valence-electron chi connectivity index (χ2n) is 5.49. The number of methoxy groups -OCH3 is 2. The van der Waals surface area contributed by atoms with Crippen LogP contribution in [0.5, 0.6) is 11.5 Å². The quantitative estimate of drug-likeness (QED) is 0.595. The van der Waals surface area contributed by atoms with E-state index < -0.39 is 17.7 Å². The predicted molar refractivity (Wildman–Crippen MR) is 91.6 cm³/mol. The molecule has 0 radical (unpaired) electrons. The van der Waals surface area contributed by atoms with E-state index in [0.717, 1.165) is 12.1 Å². The number of hydrogen-bond donors (Lipinski definition) is 0. The number of benzene rings is 2. The van der Waals surface area contributed by atoms with E-state index in [4.69, 9.17) is 14.2 Å². The van der Waals surface area contributed by atoms with Gasteiger partial charge < -0.3 is 14.2 Å². The van der Waals surface area contributed by atoms with Crippen molar-refractivity contribution in [1.82, 2.24) is 0 Å². The fraction of sp³-hybridized carbons (Fsp3) is 0.158. The summed E-state index contributed by atoms with van der Waals surface area (Å²) in [6, 6.07) is 9.32. The van der Waals surface area contributed by atoms with Crippen LogP contribution in [-0.4, -0.2) is 26.1 Å². The monoisotopic (exact) mass is 377 g/mol. The molecule has 3 rings (SSSR count). The topological polar surface area (TPSA) is 57.1 Å². The van der Waals surface area contributed by atoms with Gasteiger partial charge >= 0.3 is 12.1 Å². The molecule has 140 valence electrons. The molecule has 0 atom stereocenters. The second kappa shape index (κ2) is 7.14. The van der Waals surface area contributed by atoms with Gasteiger partial charge in [-0.2, -0.15) is 13.2 Å². The highest BCUT2D eigenvalue weighted by atomic mass is 19.4. The SMILES string of the molecule is COc1cccc(C=C2N=C(c3ccc(C(F)(F)F)cc3)OC2=O)c1OC. The summed E-state index contributed by atoms with van der Waals surface area (Å²) < 4.78 is 53.5. The van der Waals surface area contributed by atoms with Crippen molar-refractivity contribution in [3.63, 3.8) is 0 Å². The van der Waals surface area contributed by atoms with Crippen molar-refractivity contribution < 1.29 is 32.2 Å². The lowest BCUT2D eigenvalue weighted by Gasteiger charge is -2.09. The minimum Gasteiger partial charge on any atom is -0.493 e. The van der Waals surface area contributed by atoms with Gasteiger partial charge in [-0.25, -0.2) is 9.79 Å². The van der Waals surface area contributed by atoms with Crippen LogP contribution in [0.15, 0.2) is 53.2 Å². The molecule has 0 bridgehead atoms. The van der Waals surface area contributed by atoms with Crippen molar-refractivity contribution in [1.29, 1.82) is 0 Å². The zero-order valence-corrected chi connectivity index (χ0v) is 14.3. The van der Waals surface area contributed by atoms with Crippen molar-refractivity contribution in [2.45, 2.75) is 6.18 Å². The number of rotatable bonds is 4. The van der Waals surface area contributed by atoms with Crippen LogP contribution in [0.25, 0.3) is 6.08 Å². The molecule has 0 unspecified atom stereocenters. The molecular weight excluding hydrogens is 363 g/mol. The summed E-state index contributed by atoms with van der Waals surface area (Å²) in [5.74, 6) is 0.111. The largest absolute Gasteiger partial charge is 0.493 e. The maximum atomic E-state index is 12.6. The molecule has 8 heteroatoms. The lowest BCUT2D eigenvalue weighted by molar-refractivity contribution is -0.137. The summed E-state index contributed by atoms with van der Waals surface area (Å²) in [5.41, 5.74) is 0.00286. The average Bonchev–Trinajstić information content (AvgIpc) is 3.01. The standard InChI is InChI=1S/C19H14F3NO4/c1-25-15-5-3-4-12(16(15)26-2)10-14-18(24)27-17(23-14)11-6-8-13(9-7-11)19(20,21)22/h3-10H,1-2H3. The Morgan fingerprint density at radius 1 is 1.04 bits per heavy atom. The first-order valence-electron chi connectivity index (χ1n) is 7.74. The van der Waals surface area contributed by atoms with Crippen molar-refractivity contribution in [3.05, 3.63) is 64.9 Å². The summed E-state index contributed by atoms with van der Waals surface area (Å²) in [5, 5.41) is 0. The molecule has 1 aliphatic rings. The van der Waals surface area contributed by atoms with E-state index in [1.54, 1.807) is 18.2 Å². The smallest absolute Gasteiger partial charge is 0.416 e. The van der Waals surface area contributed by atoms with Gasteiger partial charge in [0.1, 0.15) is 0 Å². The third-order valence-corrected chi connectivity index (χ3v) is 3.81. The van der Waals surface area contributed by atoms with E-state index in [9.17, 15) is 18.0 Å². The molecule has 0 amide bonds. The molecule has 5 nitrogen and oxygen atoms in total. The van der Waals surface area contributed by atoms with E-state index in [1.807, 2.05) is 0 Å². The van der Waals surface area contributed by atoms with Crippen LogP contribution in [0, 0.1) is 0 Å². The number of halogens is 3. The fourth-order valence-corrected chi connectivity index (χ4v) is 2.51. The first kappa shape index (κ1) is 18.5. The molecule has 0 saturated heterocycles. The maximum absolute atomic E-state index is 12.6. The van der Waals surface area contributed by atoms with Gasteiger partial charge in [0.2, 0.25) is 5.90 Å². The molecular formula is C19H14F3NO4. The van der Waals surface area contributed by atoms with Gasteiger partial charge in [0, 0.05) is 11.1 Å². The maximum Gasteiger partial charge on any atom is 0.416 e. The summed E-state index contributed by atoms with van der Waals surface area (Å²) >= 11 is 0. The molecule has 1 aliphatic heterocycles. The van der Waals surface area contributed by atoms with Crippen LogP contribution in [0.3, 0.4) is 0 Å². The molecule has 1 heterocycles. The van der Waals surface area contributed by atoms with Crippen LogP contribution in [0.4, 0.5) is 13.2 Å². The summed E-state index contributed by atoms with van der Waals surface area (Å²) in [6.07, 6.45) is -2.98. The first-order valence-corrected chi connectivity index (χ1v) is 7.74. The molecule has 0 saturated carbocycles. The third-order valence-electron chi connectivity index (χ3n) is 3.81. The number of cyclic esters (lactones) is 1. The number of carbonyl (C=O) groups is 1. The van der Waals surface area contributed by atoms with Crippen LogP contribution in [0.1, 0.15) is 16.7 Å². The van der Waals surface area contributed by atoms with Gasteiger partial charge in [0.25, 0.3) is 0 Å². The predicted octanol–water partition coefficient (Wildman–Crippen LogP) is 4.07. The van der Waals surface area contributed by atoms with E-state index >= 15 is 0 Å². The zero-order valence-electron chi connectivity index (χ0n) is 14.3. The van der Waals surface area contributed by atoms with Crippen LogP contribution in [0.2, 0.25) is 0 Å². The highest BCUT2D eigenvalue weighted by Gasteiger charge is 2.31. The Hall–Kier alpha value is -3.29. The highest BCUT2D eigenvalue weighted by molar-refractivity contribution is 6.13. The van der Waals surface area contributed by atoms with Gasteiger partial charge in [-0.1, -0.05) is 12.1 Å². The Bertz CT molecular complexity index is 931.